The van der Waals surface area contributed by atoms with Crippen LogP contribution < -0.4 is 4.74 Å². The molecule has 0 atom stereocenters. The summed E-state index contributed by atoms with van der Waals surface area (Å²) < 4.78 is 11.4. The molecule has 2 heterocycles. The van der Waals surface area contributed by atoms with Gasteiger partial charge in [-0.3, -0.25) is 14.5 Å². The molecule has 0 spiro atoms. The van der Waals surface area contributed by atoms with Crippen molar-refractivity contribution < 1.29 is 28.6 Å². The fourth-order valence-corrected chi connectivity index (χ4v) is 4.15. The van der Waals surface area contributed by atoms with E-state index in [2.05, 4.69) is 0 Å². The third-order valence-corrected chi connectivity index (χ3v) is 5.84. The molecule has 1 saturated heterocycles. The van der Waals surface area contributed by atoms with Crippen LogP contribution in [-0.2, 0) is 4.79 Å². The lowest BCUT2D eigenvalue weighted by atomic mass is 10.0. The number of furan rings is 1. The number of carboxylic acids is 1. The highest BCUT2D eigenvalue weighted by atomic mass is 32.2. The van der Waals surface area contributed by atoms with E-state index < -0.39 is 11.9 Å². The van der Waals surface area contributed by atoms with E-state index in [4.69, 9.17) is 9.15 Å². The van der Waals surface area contributed by atoms with E-state index in [0.717, 1.165) is 16.7 Å². The van der Waals surface area contributed by atoms with Crippen LogP contribution in [-0.4, -0.2) is 40.3 Å². The smallest absolute Gasteiger partial charge is 0.335 e. The second-order valence-corrected chi connectivity index (χ2v) is 7.97. The third kappa shape index (κ3) is 4.45. The molecular weight excluding hydrogens is 430 g/mol. The first-order valence-corrected chi connectivity index (χ1v) is 10.6. The predicted molar refractivity (Wildman–Crippen MR) is 120 cm³/mol. The van der Waals surface area contributed by atoms with E-state index in [1.165, 1.54) is 12.1 Å². The summed E-state index contributed by atoms with van der Waals surface area (Å²) in [5, 5.41) is 8.95. The Labute approximate surface area is 188 Å². The number of thioether (sulfide) groups is 1. The summed E-state index contributed by atoms with van der Waals surface area (Å²) in [4.78, 5) is 37.7. The molecule has 4 rings (SSSR count). The van der Waals surface area contributed by atoms with Crippen molar-refractivity contribution in [1.29, 1.82) is 0 Å². The van der Waals surface area contributed by atoms with E-state index in [0.29, 0.717) is 28.4 Å². The van der Waals surface area contributed by atoms with Crippen LogP contribution in [0.2, 0.25) is 0 Å². The summed E-state index contributed by atoms with van der Waals surface area (Å²) >= 11 is 0.843. The van der Waals surface area contributed by atoms with Gasteiger partial charge in [0, 0.05) is 11.6 Å². The SMILES string of the molecule is Cc1c(C(=O)O)cccc1-c1ccc(/C=C2/SC(=O)N(CCOc3ccccc3)C2=O)o1. The Bertz CT molecular complexity index is 1210. The second kappa shape index (κ2) is 9.15. The maximum atomic E-state index is 12.7. The van der Waals surface area contributed by atoms with Crippen LogP contribution in [0, 0.1) is 6.92 Å². The number of aromatic carboxylic acids is 1. The zero-order chi connectivity index (χ0) is 22.7. The Hall–Kier alpha value is -3.78. The van der Waals surface area contributed by atoms with E-state index in [1.54, 1.807) is 43.3 Å². The first-order chi connectivity index (χ1) is 15.4. The first-order valence-electron chi connectivity index (χ1n) is 9.80. The van der Waals surface area contributed by atoms with Crippen LogP contribution >= 0.6 is 11.8 Å². The van der Waals surface area contributed by atoms with Crippen LogP contribution in [0.3, 0.4) is 0 Å². The second-order valence-electron chi connectivity index (χ2n) is 6.98. The molecule has 0 bridgehead atoms. The molecule has 0 radical (unpaired) electrons. The molecule has 0 saturated carbocycles. The van der Waals surface area contributed by atoms with Gasteiger partial charge in [0.25, 0.3) is 11.1 Å². The number of carbonyl (C=O) groups is 3. The van der Waals surface area contributed by atoms with E-state index >= 15 is 0 Å². The van der Waals surface area contributed by atoms with Crippen molar-refractivity contribution in [2.45, 2.75) is 6.92 Å². The normalized spacial score (nSPS) is 14.9. The van der Waals surface area contributed by atoms with Crippen molar-refractivity contribution in [1.82, 2.24) is 4.90 Å². The van der Waals surface area contributed by atoms with Crippen molar-refractivity contribution in [3.63, 3.8) is 0 Å². The molecule has 7 nitrogen and oxygen atoms in total. The van der Waals surface area contributed by atoms with Gasteiger partial charge in [0.2, 0.25) is 0 Å². The molecule has 162 valence electrons. The summed E-state index contributed by atoms with van der Waals surface area (Å²) in [7, 11) is 0. The Morgan fingerprint density at radius 3 is 2.62 bits per heavy atom. The molecule has 2 aromatic carbocycles. The number of para-hydroxylation sites is 1. The predicted octanol–water partition coefficient (Wildman–Crippen LogP) is 5.07. The molecule has 8 heteroatoms. The van der Waals surface area contributed by atoms with E-state index in [1.807, 2.05) is 18.2 Å². The highest BCUT2D eigenvalue weighted by molar-refractivity contribution is 8.18. The number of imide groups is 1. The topological polar surface area (TPSA) is 97.0 Å². The molecule has 32 heavy (non-hydrogen) atoms. The molecule has 1 fully saturated rings. The third-order valence-electron chi connectivity index (χ3n) is 4.93. The van der Waals surface area contributed by atoms with Crippen LogP contribution in [0.1, 0.15) is 21.7 Å². The molecular formula is C24H19NO6S. The summed E-state index contributed by atoms with van der Waals surface area (Å²) in [6, 6.07) is 17.5. The molecule has 1 aliphatic heterocycles. The summed E-state index contributed by atoms with van der Waals surface area (Å²) in [5.41, 5.74) is 1.43. The van der Waals surface area contributed by atoms with Gasteiger partial charge in [-0.2, -0.15) is 0 Å². The van der Waals surface area contributed by atoms with Gasteiger partial charge in [0.05, 0.1) is 17.0 Å². The zero-order valence-electron chi connectivity index (χ0n) is 17.1. The van der Waals surface area contributed by atoms with Crippen LogP contribution in [0.4, 0.5) is 4.79 Å². The molecule has 1 N–H and O–H groups in total. The lowest BCUT2D eigenvalue weighted by molar-refractivity contribution is -0.123. The number of rotatable bonds is 7. The van der Waals surface area contributed by atoms with Crippen molar-refractivity contribution in [3.8, 4) is 17.1 Å². The van der Waals surface area contributed by atoms with Gasteiger partial charge in [-0.25, -0.2) is 4.79 Å². The molecule has 1 aromatic heterocycles. The first kappa shape index (κ1) is 21.5. The molecule has 0 aliphatic carbocycles. The maximum absolute atomic E-state index is 12.7. The van der Waals surface area contributed by atoms with Gasteiger partial charge in [-0.15, -0.1) is 0 Å². The van der Waals surface area contributed by atoms with Gasteiger partial charge in [0.15, 0.2) is 0 Å². The van der Waals surface area contributed by atoms with Crippen LogP contribution in [0.5, 0.6) is 5.75 Å². The van der Waals surface area contributed by atoms with Crippen molar-refractivity contribution in [2.24, 2.45) is 0 Å². The fraction of sp³-hybridized carbons (Fsp3) is 0.125. The maximum Gasteiger partial charge on any atom is 0.335 e. The van der Waals surface area contributed by atoms with Gasteiger partial charge < -0.3 is 14.3 Å². The summed E-state index contributed by atoms with van der Waals surface area (Å²) in [6.07, 6.45) is 1.52. The van der Waals surface area contributed by atoms with Gasteiger partial charge in [-0.1, -0.05) is 30.3 Å². The minimum Gasteiger partial charge on any atom is -0.492 e. The number of hydrogen-bond donors (Lipinski definition) is 1. The fourth-order valence-electron chi connectivity index (χ4n) is 3.30. The van der Waals surface area contributed by atoms with Crippen LogP contribution in [0.15, 0.2) is 70.0 Å². The average Bonchev–Trinajstić information content (AvgIpc) is 3.34. The van der Waals surface area contributed by atoms with Gasteiger partial charge in [-0.05, 0) is 54.6 Å². The number of ether oxygens (including phenoxy) is 1. The molecule has 1 aliphatic rings. The monoisotopic (exact) mass is 449 g/mol. The van der Waals surface area contributed by atoms with E-state index in [-0.39, 0.29) is 28.9 Å². The molecule has 3 aromatic rings. The number of carbonyl (C=O) groups excluding carboxylic acids is 2. The Morgan fingerprint density at radius 2 is 1.88 bits per heavy atom. The lowest BCUT2D eigenvalue weighted by Gasteiger charge is -2.13. The quantitative estimate of drug-likeness (QED) is 0.503. The van der Waals surface area contributed by atoms with Crippen molar-refractivity contribution in [3.05, 3.63) is 82.5 Å². The molecule has 0 unspecified atom stereocenters. The summed E-state index contributed by atoms with van der Waals surface area (Å²) in [5.74, 6) is 0.124. The average molecular weight is 449 g/mol. The Kier molecular flexibility index (Phi) is 6.13. The standard InChI is InChI=1S/C24H19NO6S/c1-15-18(8-5-9-19(15)23(27)28)20-11-10-17(31-20)14-21-22(26)25(24(29)32-21)12-13-30-16-6-3-2-4-7-16/h2-11,14H,12-13H2,1H3,(H,27,28)/b21-14+. The summed E-state index contributed by atoms with van der Waals surface area (Å²) in [6.45, 7) is 2.05. The molecule has 2 amide bonds. The number of hydrogen-bond acceptors (Lipinski definition) is 6. The highest BCUT2D eigenvalue weighted by Gasteiger charge is 2.35. The highest BCUT2D eigenvalue weighted by Crippen LogP contribution is 2.34. The van der Waals surface area contributed by atoms with Gasteiger partial charge >= 0.3 is 5.97 Å². The van der Waals surface area contributed by atoms with Crippen LogP contribution in [0.25, 0.3) is 17.4 Å². The zero-order valence-corrected chi connectivity index (χ0v) is 17.9. The van der Waals surface area contributed by atoms with Crippen molar-refractivity contribution >= 4 is 35.0 Å². The Balaban J connectivity index is 1.46. The minimum absolute atomic E-state index is 0.140. The number of amides is 2. The number of nitrogens with zero attached hydrogens (tertiary/aromatic N) is 1. The largest absolute Gasteiger partial charge is 0.492 e. The minimum atomic E-state index is -1.01. The number of carboxylic acid groups (broad SMARTS) is 1. The van der Waals surface area contributed by atoms with E-state index in [9.17, 15) is 19.5 Å². The van der Waals surface area contributed by atoms with Crippen molar-refractivity contribution in [2.75, 3.05) is 13.2 Å². The van der Waals surface area contributed by atoms with Gasteiger partial charge in [0.1, 0.15) is 23.9 Å². The number of benzene rings is 2. The lowest BCUT2D eigenvalue weighted by Crippen LogP contribution is -2.32. The Morgan fingerprint density at radius 1 is 1.09 bits per heavy atom.